The zero-order chi connectivity index (χ0) is 12.5. The molecule has 0 N–H and O–H groups in total. The van der Waals surface area contributed by atoms with Gasteiger partial charge < -0.3 is 0 Å². The van der Waals surface area contributed by atoms with Crippen LogP contribution in [0.15, 0.2) is 16.6 Å². The van der Waals surface area contributed by atoms with Crippen molar-refractivity contribution in [2.75, 3.05) is 5.33 Å². The zero-order valence-electron chi connectivity index (χ0n) is 7.54. The molecule has 0 bridgehead atoms. The number of ketones is 1. The lowest BCUT2D eigenvalue weighted by Gasteiger charge is -2.11. The molecule has 0 fully saturated rings. The van der Waals surface area contributed by atoms with Crippen molar-refractivity contribution >= 4 is 49.2 Å². The van der Waals surface area contributed by atoms with Crippen molar-refractivity contribution in [3.8, 4) is 0 Å². The Morgan fingerprint density at radius 2 is 1.94 bits per heavy atom. The van der Waals surface area contributed by atoms with Gasteiger partial charge in [0.15, 0.2) is 5.78 Å². The molecule has 0 aromatic heterocycles. The van der Waals surface area contributed by atoms with E-state index in [1.807, 2.05) is 0 Å². The van der Waals surface area contributed by atoms with E-state index >= 15 is 0 Å². The van der Waals surface area contributed by atoms with Crippen LogP contribution < -0.4 is 0 Å². The van der Waals surface area contributed by atoms with Crippen LogP contribution in [0.5, 0.6) is 0 Å². The zero-order valence-corrected chi connectivity index (χ0v) is 11.5. The molecular weight excluding hydrogens is 376 g/mol. The highest BCUT2D eigenvalue weighted by molar-refractivity contribution is 9.10. The van der Waals surface area contributed by atoms with Gasteiger partial charge >= 0.3 is 6.18 Å². The molecule has 1 rings (SSSR count). The lowest BCUT2D eigenvalue weighted by atomic mass is 10.1. The highest BCUT2D eigenvalue weighted by Gasteiger charge is 2.34. The number of rotatable bonds is 2. The van der Waals surface area contributed by atoms with Crippen LogP contribution >= 0.6 is 43.5 Å². The van der Waals surface area contributed by atoms with E-state index in [0.717, 1.165) is 12.1 Å². The molecule has 16 heavy (non-hydrogen) atoms. The Balaban J connectivity index is 3.33. The molecule has 0 saturated heterocycles. The minimum absolute atomic E-state index is 0.00449. The van der Waals surface area contributed by atoms with E-state index in [2.05, 4.69) is 31.9 Å². The van der Waals surface area contributed by atoms with E-state index in [9.17, 15) is 18.0 Å². The number of halogens is 6. The maximum atomic E-state index is 12.5. The molecule has 1 nitrogen and oxygen atoms in total. The van der Waals surface area contributed by atoms with E-state index < -0.39 is 11.7 Å². The molecular formula is C9H4Br2ClF3O. The standard InChI is InChI=1S/C9H4Br2ClF3O/c10-3-8(16)4-1-6(11)5(2-7(4)12)9(13,14)15/h1-2H,3H2. The highest BCUT2D eigenvalue weighted by atomic mass is 79.9. The SMILES string of the molecule is O=C(CBr)c1cc(Br)c(C(F)(F)F)cc1Cl. The third kappa shape index (κ3) is 2.99. The number of alkyl halides is 4. The summed E-state index contributed by atoms with van der Waals surface area (Å²) in [6.45, 7) is 0. The molecule has 0 heterocycles. The predicted molar refractivity (Wildman–Crippen MR) is 62.3 cm³/mol. The Kier molecular flexibility index (Phi) is 4.42. The fraction of sp³-hybridized carbons (Fsp3) is 0.222. The van der Waals surface area contributed by atoms with E-state index in [-0.39, 0.29) is 26.2 Å². The Morgan fingerprint density at radius 3 is 2.38 bits per heavy atom. The third-order valence-electron chi connectivity index (χ3n) is 1.78. The van der Waals surface area contributed by atoms with Gasteiger partial charge in [-0.1, -0.05) is 43.5 Å². The molecule has 0 saturated carbocycles. The van der Waals surface area contributed by atoms with Gasteiger partial charge in [-0.05, 0) is 12.1 Å². The van der Waals surface area contributed by atoms with Gasteiger partial charge in [-0.25, -0.2) is 0 Å². The van der Waals surface area contributed by atoms with Gasteiger partial charge in [0.1, 0.15) is 0 Å². The Bertz CT molecular complexity index is 431. The first-order chi connectivity index (χ1) is 7.27. The lowest BCUT2D eigenvalue weighted by molar-refractivity contribution is -0.138. The smallest absolute Gasteiger partial charge is 0.293 e. The summed E-state index contributed by atoms with van der Waals surface area (Å²) in [5.41, 5.74) is -0.845. The molecule has 0 aliphatic rings. The average molecular weight is 380 g/mol. The molecule has 0 unspecified atom stereocenters. The van der Waals surface area contributed by atoms with Crippen molar-refractivity contribution in [3.05, 3.63) is 32.8 Å². The minimum atomic E-state index is -4.50. The topological polar surface area (TPSA) is 17.1 Å². The first-order valence-corrected chi connectivity index (χ1v) is 6.22. The number of Topliss-reactive ketones (excluding diaryl/α,β-unsaturated/α-hetero) is 1. The summed E-state index contributed by atoms with van der Waals surface area (Å²) in [6.07, 6.45) is -4.50. The van der Waals surface area contributed by atoms with E-state index in [1.165, 1.54) is 0 Å². The van der Waals surface area contributed by atoms with Gasteiger partial charge in [0.2, 0.25) is 0 Å². The summed E-state index contributed by atoms with van der Waals surface area (Å²) in [5, 5.41) is -0.204. The Morgan fingerprint density at radius 1 is 1.38 bits per heavy atom. The quantitative estimate of drug-likeness (QED) is 0.537. The summed E-state index contributed by atoms with van der Waals surface area (Å²) < 4.78 is 37.2. The summed E-state index contributed by atoms with van der Waals surface area (Å²) >= 11 is 11.3. The number of carbonyl (C=O) groups excluding carboxylic acids is 1. The number of carbonyl (C=O) groups is 1. The van der Waals surface area contributed by atoms with E-state index in [0.29, 0.717) is 0 Å². The normalized spacial score (nSPS) is 11.6. The number of hydrogen-bond acceptors (Lipinski definition) is 1. The maximum absolute atomic E-state index is 12.5. The average Bonchev–Trinajstić information content (AvgIpc) is 2.18. The summed E-state index contributed by atoms with van der Waals surface area (Å²) in [4.78, 5) is 11.3. The van der Waals surface area contributed by atoms with Crippen LogP contribution in [0.2, 0.25) is 5.02 Å². The molecule has 0 amide bonds. The van der Waals surface area contributed by atoms with Crippen molar-refractivity contribution in [3.63, 3.8) is 0 Å². The van der Waals surface area contributed by atoms with E-state index in [4.69, 9.17) is 11.6 Å². The van der Waals surface area contributed by atoms with Gasteiger partial charge in [-0.3, -0.25) is 4.79 Å². The van der Waals surface area contributed by atoms with Gasteiger partial charge in [0.05, 0.1) is 15.9 Å². The van der Waals surface area contributed by atoms with Gasteiger partial charge in [0.25, 0.3) is 0 Å². The Labute approximate surface area is 111 Å². The van der Waals surface area contributed by atoms with Crippen molar-refractivity contribution in [1.82, 2.24) is 0 Å². The molecule has 88 valence electrons. The largest absolute Gasteiger partial charge is 0.417 e. The van der Waals surface area contributed by atoms with Crippen LogP contribution in [0.3, 0.4) is 0 Å². The molecule has 0 radical (unpaired) electrons. The lowest BCUT2D eigenvalue weighted by Crippen LogP contribution is -2.09. The first kappa shape index (κ1) is 14.0. The second kappa shape index (κ2) is 5.06. The highest BCUT2D eigenvalue weighted by Crippen LogP contribution is 2.37. The maximum Gasteiger partial charge on any atom is 0.417 e. The molecule has 0 spiro atoms. The Hall–Kier alpha value is -0.0700. The van der Waals surface area contributed by atoms with Crippen LogP contribution in [0, 0.1) is 0 Å². The van der Waals surface area contributed by atoms with Crippen LogP contribution in [0.25, 0.3) is 0 Å². The van der Waals surface area contributed by atoms with Crippen LogP contribution in [0.1, 0.15) is 15.9 Å². The fourth-order valence-corrected chi connectivity index (χ4v) is 2.19. The van der Waals surface area contributed by atoms with Crippen LogP contribution in [-0.4, -0.2) is 11.1 Å². The monoisotopic (exact) mass is 378 g/mol. The molecule has 1 aromatic rings. The molecule has 0 aliphatic heterocycles. The van der Waals surface area contributed by atoms with Crippen LogP contribution in [-0.2, 0) is 6.18 Å². The van der Waals surface area contributed by atoms with Gasteiger partial charge in [0, 0.05) is 10.0 Å². The molecule has 0 atom stereocenters. The second-order valence-electron chi connectivity index (χ2n) is 2.87. The van der Waals surface area contributed by atoms with Crippen molar-refractivity contribution in [2.45, 2.75) is 6.18 Å². The number of benzene rings is 1. The number of hydrogen-bond donors (Lipinski definition) is 0. The minimum Gasteiger partial charge on any atom is -0.293 e. The van der Waals surface area contributed by atoms with Crippen LogP contribution in [0.4, 0.5) is 13.2 Å². The van der Waals surface area contributed by atoms with Crippen molar-refractivity contribution in [1.29, 1.82) is 0 Å². The van der Waals surface area contributed by atoms with Crippen molar-refractivity contribution < 1.29 is 18.0 Å². The molecule has 1 aromatic carbocycles. The first-order valence-electron chi connectivity index (χ1n) is 3.92. The second-order valence-corrected chi connectivity index (χ2v) is 4.69. The van der Waals surface area contributed by atoms with Crippen molar-refractivity contribution in [2.24, 2.45) is 0 Å². The summed E-state index contributed by atoms with van der Waals surface area (Å²) in [6, 6.07) is 1.82. The van der Waals surface area contributed by atoms with Gasteiger partial charge in [-0.2, -0.15) is 13.2 Å². The molecule has 7 heteroatoms. The predicted octanol–water partition coefficient (Wildman–Crippen LogP) is 4.70. The third-order valence-corrected chi connectivity index (χ3v) is 3.26. The summed E-state index contributed by atoms with van der Waals surface area (Å²) in [7, 11) is 0. The van der Waals surface area contributed by atoms with Gasteiger partial charge in [-0.15, -0.1) is 0 Å². The fourth-order valence-electron chi connectivity index (χ4n) is 1.05. The summed E-state index contributed by atoms with van der Waals surface area (Å²) in [5.74, 6) is -0.376. The van der Waals surface area contributed by atoms with E-state index in [1.54, 1.807) is 0 Å². The molecule has 0 aliphatic carbocycles.